The molecule has 0 spiro atoms. The summed E-state index contributed by atoms with van der Waals surface area (Å²) in [6.45, 7) is 12.0. The number of hydrogen-bond donors (Lipinski definition) is 2. The van der Waals surface area contributed by atoms with Crippen molar-refractivity contribution in [1.29, 1.82) is 0 Å². The smallest absolute Gasteiger partial charge is 0.303 e. The molecule has 0 unspecified atom stereocenters. The van der Waals surface area contributed by atoms with Gasteiger partial charge in [-0.05, 0) is 12.8 Å². The van der Waals surface area contributed by atoms with E-state index in [2.05, 4.69) is 26.3 Å². The third-order valence-electron chi connectivity index (χ3n) is 1.03. The lowest BCUT2D eigenvalue weighted by molar-refractivity contribution is -0.139. The van der Waals surface area contributed by atoms with Gasteiger partial charge in [0.25, 0.3) is 0 Å². The summed E-state index contributed by atoms with van der Waals surface area (Å²) in [5.74, 6) is -1.74. The molecule has 0 amide bonds. The van der Waals surface area contributed by atoms with Crippen LogP contribution >= 0.6 is 0 Å². The number of carboxylic acids is 2. The molecule has 0 aliphatic carbocycles. The van der Waals surface area contributed by atoms with Crippen LogP contribution in [0.1, 0.15) is 25.7 Å². The predicted octanol–water partition coefficient (Wildman–Crippen LogP) is 2.32. The molecule has 0 aliphatic heterocycles. The van der Waals surface area contributed by atoms with E-state index >= 15 is 0 Å². The first kappa shape index (κ1) is 18.3. The summed E-state index contributed by atoms with van der Waals surface area (Å²) >= 11 is 0. The highest BCUT2D eigenvalue weighted by Crippen LogP contribution is 1.98. The Kier molecular flexibility index (Phi) is 22.8. The van der Waals surface area contributed by atoms with Crippen molar-refractivity contribution < 1.29 is 19.8 Å². The highest BCUT2D eigenvalue weighted by Gasteiger charge is 1.99. The van der Waals surface area contributed by atoms with Crippen molar-refractivity contribution in [3.63, 3.8) is 0 Å². The van der Waals surface area contributed by atoms with Gasteiger partial charge in [0.2, 0.25) is 0 Å². The molecule has 0 radical (unpaired) electrons. The average Bonchev–Trinajstić information content (AvgIpc) is 2.18. The molecule has 0 rings (SSSR count). The Balaban J connectivity index is -0.000000266. The molecular formula is C10H18O4. The minimum Gasteiger partial charge on any atom is -0.481 e. The second kappa shape index (κ2) is 17.5. The first-order valence-corrected chi connectivity index (χ1v) is 4.06. The second-order valence-corrected chi connectivity index (χ2v) is 1.99. The van der Waals surface area contributed by atoms with Crippen molar-refractivity contribution in [2.24, 2.45) is 0 Å². The van der Waals surface area contributed by atoms with Crippen molar-refractivity contribution in [3.8, 4) is 0 Å². The zero-order valence-electron chi connectivity index (χ0n) is 8.37. The molecule has 0 atom stereocenters. The summed E-state index contributed by atoms with van der Waals surface area (Å²) in [5.41, 5.74) is 0. The van der Waals surface area contributed by atoms with E-state index in [1.165, 1.54) is 0 Å². The maximum Gasteiger partial charge on any atom is 0.303 e. The lowest BCUT2D eigenvalue weighted by atomic mass is 10.2. The maximum absolute atomic E-state index is 9.90. The summed E-state index contributed by atoms with van der Waals surface area (Å²) in [4.78, 5) is 19.8. The van der Waals surface area contributed by atoms with E-state index < -0.39 is 11.9 Å². The van der Waals surface area contributed by atoms with Crippen molar-refractivity contribution >= 4 is 11.9 Å². The van der Waals surface area contributed by atoms with Gasteiger partial charge in [-0.3, -0.25) is 9.59 Å². The van der Waals surface area contributed by atoms with E-state index in [0.717, 1.165) is 0 Å². The van der Waals surface area contributed by atoms with E-state index in [4.69, 9.17) is 10.2 Å². The normalized spacial score (nSPS) is 7.14. The summed E-state index contributed by atoms with van der Waals surface area (Å²) in [6, 6.07) is 0. The third kappa shape index (κ3) is 31.5. The van der Waals surface area contributed by atoms with Gasteiger partial charge in [-0.1, -0.05) is 0 Å². The van der Waals surface area contributed by atoms with Gasteiger partial charge in [0.1, 0.15) is 0 Å². The minimum atomic E-state index is -0.870. The number of carbonyl (C=O) groups is 2. The topological polar surface area (TPSA) is 74.6 Å². The van der Waals surface area contributed by atoms with E-state index in [1.54, 1.807) is 0 Å². The van der Waals surface area contributed by atoms with Crippen molar-refractivity contribution in [2.45, 2.75) is 25.7 Å². The molecule has 0 bridgehead atoms. The van der Waals surface area contributed by atoms with E-state index in [0.29, 0.717) is 12.8 Å². The van der Waals surface area contributed by atoms with Crippen molar-refractivity contribution in [2.75, 3.05) is 0 Å². The Morgan fingerprint density at radius 3 is 1.14 bits per heavy atom. The van der Waals surface area contributed by atoms with Gasteiger partial charge in [-0.25, -0.2) is 0 Å². The highest BCUT2D eigenvalue weighted by molar-refractivity contribution is 5.67. The SMILES string of the molecule is C=C.C=C.O=C(O)CCCCC(=O)O. The minimum absolute atomic E-state index is 0.0628. The maximum atomic E-state index is 9.90. The van der Waals surface area contributed by atoms with Gasteiger partial charge >= 0.3 is 11.9 Å². The van der Waals surface area contributed by atoms with Gasteiger partial charge in [-0.2, -0.15) is 0 Å². The monoisotopic (exact) mass is 202 g/mol. The van der Waals surface area contributed by atoms with Crippen molar-refractivity contribution in [3.05, 3.63) is 26.3 Å². The quantitative estimate of drug-likeness (QED) is 0.530. The molecule has 0 saturated carbocycles. The Hall–Kier alpha value is -1.58. The lowest BCUT2D eigenvalue weighted by Gasteiger charge is -1.92. The van der Waals surface area contributed by atoms with Gasteiger partial charge in [0.15, 0.2) is 0 Å². The molecule has 0 heterocycles. The van der Waals surface area contributed by atoms with Crippen LogP contribution in [0.3, 0.4) is 0 Å². The van der Waals surface area contributed by atoms with Gasteiger partial charge < -0.3 is 10.2 Å². The summed E-state index contributed by atoms with van der Waals surface area (Å²) in [5, 5.41) is 16.3. The second-order valence-electron chi connectivity index (χ2n) is 1.99. The Bertz CT molecular complexity index is 136. The first-order chi connectivity index (χ1) is 6.63. The fraction of sp³-hybridized carbons (Fsp3) is 0.400. The van der Waals surface area contributed by atoms with Crippen LogP contribution in [-0.4, -0.2) is 22.2 Å². The zero-order valence-corrected chi connectivity index (χ0v) is 8.37. The van der Waals surface area contributed by atoms with Crippen LogP contribution in [0.15, 0.2) is 26.3 Å². The number of rotatable bonds is 5. The molecule has 0 aromatic heterocycles. The van der Waals surface area contributed by atoms with E-state index in [-0.39, 0.29) is 12.8 Å². The largest absolute Gasteiger partial charge is 0.481 e. The highest BCUT2D eigenvalue weighted by atomic mass is 16.4. The zero-order chi connectivity index (χ0) is 12.0. The first-order valence-electron chi connectivity index (χ1n) is 4.06. The lowest BCUT2D eigenvalue weighted by Crippen LogP contribution is -1.97. The number of unbranched alkanes of at least 4 members (excludes halogenated alkanes) is 1. The molecule has 0 aromatic carbocycles. The van der Waals surface area contributed by atoms with E-state index in [9.17, 15) is 9.59 Å². The van der Waals surface area contributed by atoms with Crippen LogP contribution in [0.5, 0.6) is 0 Å². The number of carboxylic acid groups (broad SMARTS) is 2. The molecule has 14 heavy (non-hydrogen) atoms. The summed E-state index contributed by atoms with van der Waals surface area (Å²) < 4.78 is 0. The van der Waals surface area contributed by atoms with Crippen LogP contribution in [0.25, 0.3) is 0 Å². The molecule has 0 aliphatic rings. The standard InChI is InChI=1S/C6H10O4.2C2H4/c7-5(8)3-1-2-4-6(9)10;2*1-2/h1-4H2,(H,7,8)(H,9,10);2*1-2H2. The molecule has 0 saturated heterocycles. The molecular weight excluding hydrogens is 184 g/mol. The number of hydrogen-bond acceptors (Lipinski definition) is 2. The summed E-state index contributed by atoms with van der Waals surface area (Å²) in [7, 11) is 0. The molecule has 4 heteroatoms. The molecule has 4 nitrogen and oxygen atoms in total. The van der Waals surface area contributed by atoms with Gasteiger partial charge in [-0.15, -0.1) is 26.3 Å². The summed E-state index contributed by atoms with van der Waals surface area (Å²) in [6.07, 6.45) is 1.02. The molecule has 0 fully saturated rings. The average molecular weight is 202 g/mol. The van der Waals surface area contributed by atoms with Crippen molar-refractivity contribution in [1.82, 2.24) is 0 Å². The fourth-order valence-corrected chi connectivity index (χ4v) is 0.552. The Labute approximate surface area is 84.6 Å². The van der Waals surface area contributed by atoms with Crippen LogP contribution < -0.4 is 0 Å². The Morgan fingerprint density at radius 1 is 0.786 bits per heavy atom. The van der Waals surface area contributed by atoms with Crippen LogP contribution in [0, 0.1) is 0 Å². The number of aliphatic carboxylic acids is 2. The molecule has 2 N–H and O–H groups in total. The molecule has 82 valence electrons. The van der Waals surface area contributed by atoms with Gasteiger partial charge in [0.05, 0.1) is 0 Å². The van der Waals surface area contributed by atoms with E-state index in [1.807, 2.05) is 0 Å². The van der Waals surface area contributed by atoms with Crippen LogP contribution in [-0.2, 0) is 9.59 Å². The predicted molar refractivity (Wildman–Crippen MR) is 56.2 cm³/mol. The van der Waals surface area contributed by atoms with Crippen LogP contribution in [0.2, 0.25) is 0 Å². The Morgan fingerprint density at radius 2 is 1.00 bits per heavy atom. The van der Waals surface area contributed by atoms with Gasteiger partial charge in [0, 0.05) is 12.8 Å². The van der Waals surface area contributed by atoms with Crippen LogP contribution in [0.4, 0.5) is 0 Å². The third-order valence-corrected chi connectivity index (χ3v) is 1.03. The fourth-order valence-electron chi connectivity index (χ4n) is 0.552. The molecule has 0 aromatic rings.